The number of hydrogen-bond acceptors (Lipinski definition) is 1. The minimum Gasteiger partial charge on any atom is -0.429 e. The SMILES string of the molecule is Fc1cc(OC(F)(F)c2c(F)cc(C#Cc3ccc(Cl)cc3)cc2F)cc(F)c1F. The Labute approximate surface area is 170 Å². The van der Waals surface area contributed by atoms with Gasteiger partial charge in [0.15, 0.2) is 17.5 Å². The number of rotatable bonds is 3. The molecule has 154 valence electrons. The smallest absolute Gasteiger partial charge is 0.429 e. The van der Waals surface area contributed by atoms with Crippen LogP contribution in [-0.4, -0.2) is 0 Å². The van der Waals surface area contributed by atoms with Crippen molar-refractivity contribution in [1.82, 2.24) is 0 Å². The lowest BCUT2D eigenvalue weighted by Gasteiger charge is -2.19. The average Bonchev–Trinajstić information content (AvgIpc) is 2.64. The molecule has 0 fully saturated rings. The molecule has 0 heterocycles. The number of ether oxygens (including phenoxy) is 1. The van der Waals surface area contributed by atoms with Crippen LogP contribution in [0.1, 0.15) is 16.7 Å². The lowest BCUT2D eigenvalue weighted by atomic mass is 10.1. The van der Waals surface area contributed by atoms with Crippen molar-refractivity contribution in [2.24, 2.45) is 0 Å². The summed E-state index contributed by atoms with van der Waals surface area (Å²) >= 11 is 5.72. The minimum atomic E-state index is -4.66. The summed E-state index contributed by atoms with van der Waals surface area (Å²) in [7, 11) is 0. The van der Waals surface area contributed by atoms with Crippen molar-refractivity contribution in [2.45, 2.75) is 6.11 Å². The van der Waals surface area contributed by atoms with Crippen LogP contribution in [0.3, 0.4) is 0 Å². The first-order valence-electron chi connectivity index (χ1n) is 8.05. The molecule has 0 aliphatic heterocycles. The largest absolute Gasteiger partial charge is 0.432 e. The molecule has 3 rings (SSSR count). The summed E-state index contributed by atoms with van der Waals surface area (Å²) in [4.78, 5) is 0. The highest BCUT2D eigenvalue weighted by Crippen LogP contribution is 2.36. The van der Waals surface area contributed by atoms with Crippen LogP contribution < -0.4 is 4.74 Å². The molecule has 0 radical (unpaired) electrons. The molecule has 0 N–H and O–H groups in total. The van der Waals surface area contributed by atoms with Crippen molar-refractivity contribution in [1.29, 1.82) is 0 Å². The molecule has 0 bridgehead atoms. The van der Waals surface area contributed by atoms with E-state index in [1.807, 2.05) is 0 Å². The van der Waals surface area contributed by atoms with Crippen molar-refractivity contribution in [3.8, 4) is 17.6 Å². The molecule has 1 nitrogen and oxygen atoms in total. The molecule has 0 aromatic heterocycles. The maximum atomic E-state index is 14.3. The topological polar surface area (TPSA) is 9.23 Å². The Morgan fingerprint density at radius 2 is 1.20 bits per heavy atom. The molecule has 0 amide bonds. The maximum Gasteiger partial charge on any atom is 0.432 e. The van der Waals surface area contributed by atoms with Crippen LogP contribution in [0.15, 0.2) is 48.5 Å². The van der Waals surface area contributed by atoms with Crippen molar-refractivity contribution in [2.75, 3.05) is 0 Å². The summed E-state index contributed by atoms with van der Waals surface area (Å²) in [5.41, 5.74) is -1.60. The van der Waals surface area contributed by atoms with Gasteiger partial charge in [-0.25, -0.2) is 22.0 Å². The van der Waals surface area contributed by atoms with Crippen molar-refractivity contribution in [3.05, 3.63) is 99.3 Å². The Kier molecular flexibility index (Phi) is 5.94. The van der Waals surface area contributed by atoms with E-state index in [0.717, 1.165) is 0 Å². The predicted octanol–water partition coefficient (Wildman–Crippen LogP) is 6.56. The van der Waals surface area contributed by atoms with Crippen LogP contribution in [-0.2, 0) is 6.11 Å². The molecule has 9 heteroatoms. The van der Waals surface area contributed by atoms with Crippen LogP contribution >= 0.6 is 11.6 Å². The fraction of sp³-hybridized carbons (Fsp3) is 0.0476. The summed E-state index contributed by atoms with van der Waals surface area (Å²) in [5, 5.41) is 0.449. The van der Waals surface area contributed by atoms with Crippen LogP contribution in [0.5, 0.6) is 5.75 Å². The third-order valence-corrected chi connectivity index (χ3v) is 3.98. The van der Waals surface area contributed by atoms with Crippen molar-refractivity contribution >= 4 is 11.6 Å². The molecule has 0 unspecified atom stereocenters. The second-order valence-electron chi connectivity index (χ2n) is 5.89. The Balaban J connectivity index is 1.91. The molecular weight excluding hydrogens is 437 g/mol. The quantitative estimate of drug-likeness (QED) is 0.252. The number of benzene rings is 3. The van der Waals surface area contributed by atoms with E-state index in [-0.39, 0.29) is 17.7 Å². The van der Waals surface area contributed by atoms with Crippen LogP contribution in [0.4, 0.5) is 30.7 Å². The zero-order valence-electron chi connectivity index (χ0n) is 14.6. The Bertz CT molecular complexity index is 1120. The zero-order valence-corrected chi connectivity index (χ0v) is 15.3. The van der Waals surface area contributed by atoms with E-state index in [0.29, 0.717) is 22.7 Å². The van der Waals surface area contributed by atoms with E-state index in [9.17, 15) is 30.7 Å². The third-order valence-electron chi connectivity index (χ3n) is 3.73. The van der Waals surface area contributed by atoms with E-state index in [4.69, 9.17) is 11.6 Å². The molecule has 3 aromatic rings. The first-order valence-corrected chi connectivity index (χ1v) is 8.43. The number of halogens is 8. The molecule has 0 spiro atoms. The molecule has 30 heavy (non-hydrogen) atoms. The van der Waals surface area contributed by atoms with Gasteiger partial charge >= 0.3 is 6.11 Å². The zero-order chi connectivity index (χ0) is 22.1. The highest BCUT2D eigenvalue weighted by molar-refractivity contribution is 6.30. The highest BCUT2D eigenvalue weighted by Gasteiger charge is 2.41. The molecule has 0 aliphatic carbocycles. The summed E-state index contributed by atoms with van der Waals surface area (Å²) in [6.45, 7) is 0. The van der Waals surface area contributed by atoms with Gasteiger partial charge in [0.2, 0.25) is 0 Å². The van der Waals surface area contributed by atoms with Crippen molar-refractivity contribution < 1.29 is 35.5 Å². The summed E-state index contributed by atoms with van der Waals surface area (Å²) in [6.07, 6.45) is -4.66. The van der Waals surface area contributed by atoms with E-state index in [1.165, 1.54) is 12.1 Å². The lowest BCUT2D eigenvalue weighted by molar-refractivity contribution is -0.189. The number of alkyl halides is 2. The fourth-order valence-electron chi connectivity index (χ4n) is 2.39. The van der Waals surface area contributed by atoms with Gasteiger partial charge in [-0.1, -0.05) is 23.4 Å². The molecule has 0 atom stereocenters. The van der Waals surface area contributed by atoms with Gasteiger partial charge in [0, 0.05) is 28.3 Å². The van der Waals surface area contributed by atoms with E-state index in [2.05, 4.69) is 16.6 Å². The summed E-state index contributed by atoms with van der Waals surface area (Å²) < 4.78 is 100. The Morgan fingerprint density at radius 3 is 1.73 bits per heavy atom. The highest BCUT2D eigenvalue weighted by atomic mass is 35.5. The van der Waals surface area contributed by atoms with Crippen molar-refractivity contribution in [3.63, 3.8) is 0 Å². The number of hydrogen-bond donors (Lipinski definition) is 0. The first kappa shape index (κ1) is 21.5. The fourth-order valence-corrected chi connectivity index (χ4v) is 2.52. The molecule has 0 saturated carbocycles. The normalized spacial score (nSPS) is 11.1. The van der Waals surface area contributed by atoms with Gasteiger partial charge in [-0.2, -0.15) is 8.78 Å². The van der Waals surface area contributed by atoms with Gasteiger partial charge in [-0.15, -0.1) is 0 Å². The second-order valence-corrected chi connectivity index (χ2v) is 6.33. The predicted molar refractivity (Wildman–Crippen MR) is 94.6 cm³/mol. The molecule has 0 saturated heterocycles. The monoisotopic (exact) mass is 444 g/mol. The van der Waals surface area contributed by atoms with E-state index >= 15 is 0 Å². The van der Waals surface area contributed by atoms with Gasteiger partial charge in [0.25, 0.3) is 0 Å². The third kappa shape index (κ3) is 4.69. The molecule has 3 aromatic carbocycles. The van der Waals surface area contributed by atoms with Gasteiger partial charge in [0.1, 0.15) is 22.9 Å². The summed E-state index contributed by atoms with van der Waals surface area (Å²) in [6, 6.07) is 7.49. The molecule has 0 aliphatic rings. The van der Waals surface area contributed by atoms with Crippen LogP contribution in [0, 0.1) is 40.9 Å². The lowest BCUT2D eigenvalue weighted by Crippen LogP contribution is -2.25. The minimum absolute atomic E-state index is 0.119. The Hall–Kier alpha value is -3.18. The standard InChI is InChI=1S/C21H8ClF7O/c22-13-5-3-11(4-6-13)1-2-12-7-15(23)19(16(24)8-12)21(28,29)30-14-9-17(25)20(27)18(26)10-14/h3-10H. The van der Waals surface area contributed by atoms with Gasteiger partial charge in [-0.05, 0) is 36.4 Å². The van der Waals surface area contributed by atoms with Crippen LogP contribution in [0.2, 0.25) is 5.02 Å². The second kappa shape index (κ2) is 8.28. The molecular formula is C21H8ClF7O. The van der Waals surface area contributed by atoms with E-state index in [1.54, 1.807) is 12.1 Å². The van der Waals surface area contributed by atoms with Crippen LogP contribution in [0.25, 0.3) is 0 Å². The maximum absolute atomic E-state index is 14.3. The van der Waals surface area contributed by atoms with E-state index < -0.39 is 46.5 Å². The first-order chi connectivity index (χ1) is 14.1. The average molecular weight is 445 g/mol. The van der Waals surface area contributed by atoms with Gasteiger partial charge < -0.3 is 4.74 Å². The Morgan fingerprint density at radius 1 is 0.700 bits per heavy atom. The van der Waals surface area contributed by atoms with Gasteiger partial charge in [-0.3, -0.25) is 0 Å². The summed E-state index contributed by atoms with van der Waals surface area (Å²) in [5.74, 6) is -5.12. The van der Waals surface area contributed by atoms with Gasteiger partial charge in [0.05, 0.1) is 0 Å².